The number of nitrogens with two attached hydrogens (primary N) is 1. The van der Waals surface area contributed by atoms with Gasteiger partial charge in [-0.25, -0.2) is 15.0 Å². The number of imidazole rings is 1. The van der Waals surface area contributed by atoms with Gasteiger partial charge in [0, 0.05) is 31.5 Å². The van der Waals surface area contributed by atoms with Crippen LogP contribution in [0.4, 0.5) is 24.8 Å². The molecule has 21 heavy (non-hydrogen) atoms. The van der Waals surface area contributed by atoms with Crippen LogP contribution < -0.4 is 11.1 Å². The van der Waals surface area contributed by atoms with E-state index in [-0.39, 0.29) is 11.6 Å². The van der Waals surface area contributed by atoms with Crippen LogP contribution in [-0.4, -0.2) is 26.1 Å². The molecule has 0 bridgehead atoms. The minimum Gasteiger partial charge on any atom is -0.384 e. The molecule has 0 aliphatic heterocycles. The molecule has 3 N–H and O–H groups in total. The average Bonchev–Trinajstić information content (AvgIpc) is 2.90. The second kappa shape index (κ2) is 6.42. The fraction of sp³-hybridized carbons (Fsp3) is 0.417. The monoisotopic (exact) mass is 300 g/mol. The number of aryl methyl sites for hydroxylation is 1. The first-order chi connectivity index (χ1) is 9.95. The Hall–Kier alpha value is -2.32. The molecular formula is C12H15F3N6. The van der Waals surface area contributed by atoms with E-state index in [4.69, 9.17) is 5.73 Å². The molecule has 0 aromatic carbocycles. The van der Waals surface area contributed by atoms with E-state index in [1.807, 2.05) is 10.8 Å². The summed E-state index contributed by atoms with van der Waals surface area (Å²) in [6.45, 7) is 1.31. The summed E-state index contributed by atoms with van der Waals surface area (Å²) in [6, 6.07) is 1.28. The van der Waals surface area contributed by atoms with Crippen LogP contribution in [0.3, 0.4) is 0 Å². The molecular weight excluding hydrogens is 285 g/mol. The lowest BCUT2D eigenvalue weighted by molar-refractivity contribution is -0.144. The van der Waals surface area contributed by atoms with Crippen LogP contribution in [-0.2, 0) is 12.7 Å². The van der Waals surface area contributed by atoms with Gasteiger partial charge < -0.3 is 15.6 Å². The van der Waals surface area contributed by atoms with Crippen LogP contribution in [0.1, 0.15) is 18.7 Å². The largest absolute Gasteiger partial charge is 0.451 e. The topological polar surface area (TPSA) is 81.6 Å². The van der Waals surface area contributed by atoms with E-state index in [1.54, 1.807) is 12.5 Å². The summed E-state index contributed by atoms with van der Waals surface area (Å²) >= 11 is 0. The number of anilines is 2. The fourth-order valence-corrected chi connectivity index (χ4v) is 1.74. The van der Waals surface area contributed by atoms with Gasteiger partial charge in [-0.2, -0.15) is 13.2 Å². The molecule has 0 unspecified atom stereocenters. The van der Waals surface area contributed by atoms with Gasteiger partial charge >= 0.3 is 6.18 Å². The molecule has 0 radical (unpaired) electrons. The highest BCUT2D eigenvalue weighted by atomic mass is 19.4. The lowest BCUT2D eigenvalue weighted by Crippen LogP contribution is -2.15. The van der Waals surface area contributed by atoms with Gasteiger partial charge in [0.2, 0.25) is 5.82 Å². The summed E-state index contributed by atoms with van der Waals surface area (Å²) in [7, 11) is 0. The molecule has 0 atom stereocenters. The fourth-order valence-electron chi connectivity index (χ4n) is 1.74. The molecule has 2 rings (SSSR count). The van der Waals surface area contributed by atoms with Crippen molar-refractivity contribution in [2.24, 2.45) is 0 Å². The van der Waals surface area contributed by atoms with E-state index in [2.05, 4.69) is 20.3 Å². The molecule has 2 heterocycles. The van der Waals surface area contributed by atoms with Crippen molar-refractivity contribution in [3.63, 3.8) is 0 Å². The maximum absolute atomic E-state index is 12.5. The van der Waals surface area contributed by atoms with Crippen molar-refractivity contribution >= 4 is 11.6 Å². The first-order valence-electron chi connectivity index (χ1n) is 6.36. The van der Waals surface area contributed by atoms with Gasteiger partial charge in [0.1, 0.15) is 11.6 Å². The van der Waals surface area contributed by atoms with Crippen molar-refractivity contribution in [3.05, 3.63) is 30.6 Å². The van der Waals surface area contributed by atoms with Crippen molar-refractivity contribution < 1.29 is 13.2 Å². The molecule has 114 valence electrons. The zero-order chi connectivity index (χ0) is 15.3. The molecule has 9 heteroatoms. The van der Waals surface area contributed by atoms with E-state index in [0.717, 1.165) is 19.4 Å². The Labute approximate surface area is 119 Å². The van der Waals surface area contributed by atoms with Crippen LogP contribution in [0.2, 0.25) is 0 Å². The first-order valence-corrected chi connectivity index (χ1v) is 6.36. The second-order valence-corrected chi connectivity index (χ2v) is 4.43. The molecule has 0 aliphatic rings. The highest BCUT2D eigenvalue weighted by Crippen LogP contribution is 2.27. The summed E-state index contributed by atoms with van der Waals surface area (Å²) in [5.41, 5.74) is 5.35. The molecule has 0 aliphatic carbocycles. The van der Waals surface area contributed by atoms with Crippen molar-refractivity contribution in [2.45, 2.75) is 25.6 Å². The van der Waals surface area contributed by atoms with E-state index in [1.165, 1.54) is 6.07 Å². The molecule has 0 amide bonds. The SMILES string of the molecule is Nc1cc(NCCCCn2ccnc2)nc(C(F)(F)F)n1. The predicted molar refractivity (Wildman–Crippen MR) is 71.4 cm³/mol. The number of halogens is 3. The molecule has 0 fully saturated rings. The van der Waals surface area contributed by atoms with Gasteiger partial charge in [-0.05, 0) is 12.8 Å². The third kappa shape index (κ3) is 4.62. The van der Waals surface area contributed by atoms with Gasteiger partial charge in [-0.1, -0.05) is 0 Å². The van der Waals surface area contributed by atoms with Gasteiger partial charge in [-0.15, -0.1) is 0 Å². The molecule has 0 spiro atoms. The van der Waals surface area contributed by atoms with E-state index >= 15 is 0 Å². The van der Waals surface area contributed by atoms with E-state index in [0.29, 0.717) is 6.54 Å². The van der Waals surface area contributed by atoms with E-state index < -0.39 is 12.0 Å². The lowest BCUT2D eigenvalue weighted by atomic mass is 10.3. The van der Waals surface area contributed by atoms with Crippen molar-refractivity contribution in [2.75, 3.05) is 17.6 Å². The molecule has 0 saturated carbocycles. The zero-order valence-electron chi connectivity index (χ0n) is 11.1. The maximum Gasteiger partial charge on any atom is 0.451 e. The quantitative estimate of drug-likeness (QED) is 0.799. The van der Waals surface area contributed by atoms with Crippen LogP contribution in [0, 0.1) is 0 Å². The Morgan fingerprint density at radius 2 is 2.05 bits per heavy atom. The number of nitrogens with one attached hydrogen (secondary N) is 1. The predicted octanol–water partition coefficient (Wildman–Crippen LogP) is 2.17. The van der Waals surface area contributed by atoms with Gasteiger partial charge in [0.05, 0.1) is 6.33 Å². The van der Waals surface area contributed by atoms with Gasteiger partial charge in [0.15, 0.2) is 0 Å². The minimum atomic E-state index is -4.60. The minimum absolute atomic E-state index is 0.0810. The summed E-state index contributed by atoms with van der Waals surface area (Å²) < 4.78 is 39.5. The Morgan fingerprint density at radius 3 is 2.71 bits per heavy atom. The number of hydrogen-bond donors (Lipinski definition) is 2. The average molecular weight is 300 g/mol. The standard InChI is InChI=1S/C12H15F3N6/c13-12(14,15)11-19-9(16)7-10(20-11)18-3-1-2-5-21-6-4-17-8-21/h4,6-8H,1-3,5H2,(H3,16,18,19,20). The molecule has 6 nitrogen and oxygen atoms in total. The number of unbranched alkanes of at least 4 members (excludes halogenated alkanes) is 1. The Bertz CT molecular complexity index is 567. The maximum atomic E-state index is 12.5. The number of hydrogen-bond acceptors (Lipinski definition) is 5. The number of nitrogens with zero attached hydrogens (tertiary/aromatic N) is 4. The number of rotatable bonds is 6. The lowest BCUT2D eigenvalue weighted by Gasteiger charge is -2.10. The molecule has 0 saturated heterocycles. The van der Waals surface area contributed by atoms with Crippen LogP contribution in [0.15, 0.2) is 24.8 Å². The number of nitrogen functional groups attached to an aromatic ring is 1. The highest BCUT2D eigenvalue weighted by Gasteiger charge is 2.35. The van der Waals surface area contributed by atoms with Crippen LogP contribution >= 0.6 is 0 Å². The van der Waals surface area contributed by atoms with Crippen LogP contribution in [0.25, 0.3) is 0 Å². The van der Waals surface area contributed by atoms with Crippen LogP contribution in [0.5, 0.6) is 0 Å². The Morgan fingerprint density at radius 1 is 1.24 bits per heavy atom. The number of alkyl halides is 3. The summed E-state index contributed by atoms with van der Waals surface area (Å²) in [6.07, 6.45) is 2.32. The molecule has 2 aromatic heterocycles. The third-order valence-corrected chi connectivity index (χ3v) is 2.71. The Balaban J connectivity index is 1.81. The van der Waals surface area contributed by atoms with Crippen molar-refractivity contribution in [1.29, 1.82) is 0 Å². The normalized spacial score (nSPS) is 11.6. The zero-order valence-corrected chi connectivity index (χ0v) is 11.1. The highest BCUT2D eigenvalue weighted by molar-refractivity contribution is 5.44. The van der Waals surface area contributed by atoms with Gasteiger partial charge in [-0.3, -0.25) is 0 Å². The van der Waals surface area contributed by atoms with E-state index in [9.17, 15) is 13.2 Å². The van der Waals surface area contributed by atoms with Crippen molar-refractivity contribution in [3.8, 4) is 0 Å². The smallest absolute Gasteiger partial charge is 0.384 e. The van der Waals surface area contributed by atoms with Crippen molar-refractivity contribution in [1.82, 2.24) is 19.5 Å². The second-order valence-electron chi connectivity index (χ2n) is 4.43. The van der Waals surface area contributed by atoms with Gasteiger partial charge in [0.25, 0.3) is 0 Å². The summed E-state index contributed by atoms with van der Waals surface area (Å²) in [4.78, 5) is 10.5. The summed E-state index contributed by atoms with van der Waals surface area (Å²) in [5.74, 6) is -1.36. The number of aromatic nitrogens is 4. The summed E-state index contributed by atoms with van der Waals surface area (Å²) in [5, 5.41) is 2.82. The third-order valence-electron chi connectivity index (χ3n) is 2.71. The first kappa shape index (κ1) is 15.1. The molecule has 2 aromatic rings. The Kier molecular flexibility index (Phi) is 4.61.